The maximum Gasteiger partial charge on any atom is 0.270 e. The fraction of sp³-hybridized carbons (Fsp3) is 0.483. The number of aromatic nitrogens is 2. The van der Waals surface area contributed by atoms with Crippen molar-refractivity contribution in [1.82, 2.24) is 25.1 Å². The van der Waals surface area contributed by atoms with Crippen molar-refractivity contribution in [3.63, 3.8) is 0 Å². The number of piperidine rings is 1. The molecular formula is C29H37N7O5. The summed E-state index contributed by atoms with van der Waals surface area (Å²) in [5, 5.41) is 26.7. The highest BCUT2D eigenvalue weighted by atomic mass is 16.5. The van der Waals surface area contributed by atoms with E-state index in [0.29, 0.717) is 42.2 Å². The predicted octanol–water partition coefficient (Wildman–Crippen LogP) is 1.38. The van der Waals surface area contributed by atoms with Crippen molar-refractivity contribution in [2.45, 2.75) is 39.0 Å². The number of fused-ring (bicyclic) bond motifs is 2. The number of benzene rings is 1. The summed E-state index contributed by atoms with van der Waals surface area (Å²) in [7, 11) is 0. The molecule has 1 aliphatic carbocycles. The molecule has 2 aliphatic heterocycles. The van der Waals surface area contributed by atoms with Crippen LogP contribution in [0.5, 0.6) is 5.75 Å². The number of nitrogens with one attached hydrogen (secondary N) is 2. The van der Waals surface area contributed by atoms with Crippen LogP contribution in [-0.4, -0.2) is 100.0 Å². The fourth-order valence-electron chi connectivity index (χ4n) is 5.57. The number of aliphatic hydroxyl groups excluding tert-OH is 2. The summed E-state index contributed by atoms with van der Waals surface area (Å²) in [6.07, 6.45) is 1.41. The molecule has 2 aromatic rings. The highest BCUT2D eigenvalue weighted by molar-refractivity contribution is 5.92. The largest absolute Gasteiger partial charge is 0.507 e. The summed E-state index contributed by atoms with van der Waals surface area (Å²) in [4.78, 5) is 40.3. The van der Waals surface area contributed by atoms with Crippen molar-refractivity contribution >= 4 is 24.3 Å². The number of allylic oxidation sites excluding steroid dienone is 1. The highest BCUT2D eigenvalue weighted by Gasteiger charge is 2.56. The molecule has 12 heteroatoms. The number of anilines is 1. The van der Waals surface area contributed by atoms with E-state index in [2.05, 4.69) is 37.2 Å². The number of nitrogens with zero attached hydrogens (tertiary/aromatic N) is 5. The average Bonchev–Trinajstić information content (AvgIpc) is 3.39. The van der Waals surface area contributed by atoms with Crippen LogP contribution in [0, 0.1) is 11.8 Å². The Kier molecular flexibility index (Phi) is 8.50. The summed E-state index contributed by atoms with van der Waals surface area (Å²) in [5.41, 5.74) is 2.99. The van der Waals surface area contributed by atoms with Gasteiger partial charge in [-0.05, 0) is 43.3 Å². The van der Waals surface area contributed by atoms with E-state index in [9.17, 15) is 19.8 Å². The van der Waals surface area contributed by atoms with Gasteiger partial charge in [0, 0.05) is 70.1 Å². The van der Waals surface area contributed by atoms with Crippen LogP contribution in [0.25, 0.3) is 0 Å². The van der Waals surface area contributed by atoms with E-state index in [0.717, 1.165) is 31.6 Å². The first-order valence-electron chi connectivity index (χ1n) is 13.8. The fourth-order valence-corrected chi connectivity index (χ4v) is 5.57. The first-order chi connectivity index (χ1) is 19.7. The van der Waals surface area contributed by atoms with Gasteiger partial charge in [-0.1, -0.05) is 6.07 Å². The number of carbonyl (C=O) groups is 2. The van der Waals surface area contributed by atoms with E-state index in [1.807, 2.05) is 23.1 Å². The van der Waals surface area contributed by atoms with Gasteiger partial charge in [-0.15, -0.1) is 0 Å². The van der Waals surface area contributed by atoms with Crippen LogP contribution in [-0.2, 0) is 17.8 Å². The third-order valence-electron chi connectivity index (χ3n) is 8.12. The topological polar surface area (TPSA) is 153 Å². The van der Waals surface area contributed by atoms with Gasteiger partial charge in [-0.3, -0.25) is 19.5 Å². The van der Waals surface area contributed by atoms with Crippen molar-refractivity contribution < 1.29 is 24.5 Å². The van der Waals surface area contributed by atoms with Crippen LogP contribution in [0.4, 0.5) is 5.82 Å². The molecule has 4 atom stereocenters. The number of aliphatic imine (C=N–C) groups is 1. The molecule has 2 amide bonds. The molecule has 218 valence electrons. The van der Waals surface area contributed by atoms with Crippen LogP contribution >= 0.6 is 0 Å². The van der Waals surface area contributed by atoms with E-state index >= 15 is 0 Å². The standard InChI is InChI=1S/C29H37N7O5/c1-17(30-3)26(39)15-41-22-5-4-20-11-35(7-6-19(20)8-22)12-21(38)10-31-29(40)25-9-27(33-16-32-25)34-28-23-13-36(18(2)37)14-24(23)28/h4-5,8-9,16,21,23-24,28,38-39H,3,6-7,10-15H2,1-2H3,(H,31,40)(H,32,33,34)/t21-,23-,24+,28?/m0/s1. The summed E-state index contributed by atoms with van der Waals surface area (Å²) in [5.74, 6) is 1.87. The lowest BCUT2D eigenvalue weighted by Crippen LogP contribution is -2.42. The molecule has 0 bridgehead atoms. The Hall–Kier alpha value is -4.03. The molecule has 5 rings (SSSR count). The minimum atomic E-state index is -0.742. The lowest BCUT2D eigenvalue weighted by Gasteiger charge is -2.30. The smallest absolute Gasteiger partial charge is 0.270 e. The third-order valence-corrected chi connectivity index (χ3v) is 8.12. The van der Waals surface area contributed by atoms with Gasteiger partial charge in [0.05, 0.1) is 11.8 Å². The Morgan fingerprint density at radius 1 is 1.20 bits per heavy atom. The lowest BCUT2D eigenvalue weighted by molar-refractivity contribution is -0.128. The molecule has 1 saturated heterocycles. The van der Waals surface area contributed by atoms with E-state index < -0.39 is 6.10 Å². The second kappa shape index (κ2) is 12.2. The molecule has 41 heavy (non-hydrogen) atoms. The molecule has 1 aromatic heterocycles. The Morgan fingerprint density at radius 3 is 2.71 bits per heavy atom. The number of ether oxygens (including phenoxy) is 1. The molecule has 1 unspecified atom stereocenters. The molecule has 0 radical (unpaired) electrons. The van der Waals surface area contributed by atoms with Gasteiger partial charge in [0.2, 0.25) is 5.91 Å². The van der Waals surface area contributed by atoms with Gasteiger partial charge in [0.25, 0.3) is 5.91 Å². The van der Waals surface area contributed by atoms with Crippen molar-refractivity contribution in [3.8, 4) is 5.75 Å². The normalized spacial score (nSPS) is 22.6. The van der Waals surface area contributed by atoms with Crippen LogP contribution in [0.3, 0.4) is 0 Å². The van der Waals surface area contributed by atoms with Crippen molar-refractivity contribution in [2.75, 3.05) is 44.6 Å². The highest BCUT2D eigenvalue weighted by Crippen LogP contribution is 2.47. The second-order valence-corrected chi connectivity index (χ2v) is 11.0. The zero-order valence-corrected chi connectivity index (χ0v) is 23.4. The Morgan fingerprint density at radius 2 is 1.98 bits per heavy atom. The third kappa shape index (κ3) is 6.83. The predicted molar refractivity (Wildman–Crippen MR) is 153 cm³/mol. The summed E-state index contributed by atoms with van der Waals surface area (Å²) in [6, 6.07) is 7.71. The SMILES string of the molecule is C=NC(C)=C(O)COc1ccc2c(c1)CCN(C[C@@H](O)CNC(=O)c1cc(NC3[C@H]4CN(C(C)=O)C[C@@H]34)ncn1)C2. The number of β-amino-alcohol motifs (C(OH)–C–C–N with tert-alkyl or cyclic N) is 1. The number of likely N-dealkylation sites (tertiary alicyclic amines) is 1. The second-order valence-electron chi connectivity index (χ2n) is 11.0. The van der Waals surface area contributed by atoms with Gasteiger partial charge >= 0.3 is 0 Å². The van der Waals surface area contributed by atoms with Crippen LogP contribution in [0.15, 0.2) is 47.0 Å². The van der Waals surface area contributed by atoms with Gasteiger partial charge in [0.15, 0.2) is 5.76 Å². The van der Waals surface area contributed by atoms with Gasteiger partial charge in [-0.25, -0.2) is 9.97 Å². The molecule has 2 fully saturated rings. The first kappa shape index (κ1) is 28.5. The van der Waals surface area contributed by atoms with E-state index in [1.54, 1.807) is 19.9 Å². The van der Waals surface area contributed by atoms with E-state index in [-0.39, 0.29) is 42.5 Å². The average molecular weight is 564 g/mol. The monoisotopic (exact) mass is 563 g/mol. The Bertz CT molecular complexity index is 1340. The number of carbonyl (C=O) groups excluding carboxylic acids is 2. The van der Waals surface area contributed by atoms with Gasteiger partial charge < -0.3 is 30.5 Å². The Labute approximate surface area is 239 Å². The van der Waals surface area contributed by atoms with E-state index in [1.165, 1.54) is 11.9 Å². The molecule has 3 heterocycles. The minimum Gasteiger partial charge on any atom is -0.507 e. The number of hydrogen-bond acceptors (Lipinski definition) is 10. The molecule has 3 aliphatic rings. The van der Waals surface area contributed by atoms with Crippen LogP contribution < -0.4 is 15.4 Å². The van der Waals surface area contributed by atoms with E-state index in [4.69, 9.17) is 4.74 Å². The quantitative estimate of drug-likeness (QED) is 0.235. The number of amides is 2. The number of aliphatic hydroxyl groups is 2. The van der Waals surface area contributed by atoms with Gasteiger partial charge in [0.1, 0.15) is 30.2 Å². The first-order valence-corrected chi connectivity index (χ1v) is 13.8. The van der Waals surface area contributed by atoms with Gasteiger partial charge in [-0.2, -0.15) is 0 Å². The molecule has 4 N–H and O–H groups in total. The number of hydrogen-bond donors (Lipinski definition) is 4. The maximum absolute atomic E-state index is 12.7. The zero-order chi connectivity index (χ0) is 29.1. The summed E-state index contributed by atoms with van der Waals surface area (Å²) >= 11 is 0. The molecule has 0 spiro atoms. The molecule has 1 saturated carbocycles. The maximum atomic E-state index is 12.7. The Balaban J connectivity index is 1.05. The van der Waals surface area contributed by atoms with Crippen molar-refractivity contribution in [2.24, 2.45) is 16.8 Å². The molecule has 12 nitrogen and oxygen atoms in total. The summed E-state index contributed by atoms with van der Waals surface area (Å²) in [6.45, 7) is 10.2. The summed E-state index contributed by atoms with van der Waals surface area (Å²) < 4.78 is 5.68. The lowest BCUT2D eigenvalue weighted by atomic mass is 9.99. The minimum absolute atomic E-state index is 0.0308. The van der Waals surface area contributed by atoms with Crippen molar-refractivity contribution in [3.05, 3.63) is 58.9 Å². The molecular weight excluding hydrogens is 526 g/mol. The molecule has 1 aromatic carbocycles. The number of rotatable bonds is 11. The zero-order valence-electron chi connectivity index (χ0n) is 23.4. The van der Waals surface area contributed by atoms with Crippen LogP contribution in [0.1, 0.15) is 35.5 Å². The van der Waals surface area contributed by atoms with Crippen LogP contribution in [0.2, 0.25) is 0 Å². The van der Waals surface area contributed by atoms with Crippen molar-refractivity contribution in [1.29, 1.82) is 0 Å².